The molecule has 3 aromatic heterocycles. The minimum absolute atomic E-state index is 0.492. The summed E-state index contributed by atoms with van der Waals surface area (Å²) in [6, 6.07) is 23.7. The molecule has 5 aromatic rings. The van der Waals surface area contributed by atoms with Gasteiger partial charge in [-0.3, -0.25) is 0 Å². The minimum Gasteiger partial charge on any atom is -0.463 e. The zero-order valence-corrected chi connectivity index (χ0v) is 16.0. The molecule has 0 N–H and O–H groups in total. The number of fused-ring (bicyclic) bond motifs is 1. The van der Waals surface area contributed by atoms with Gasteiger partial charge in [0.25, 0.3) is 0 Å². The SMILES string of the molecule is N#C/C(=C\c1cn(-c2ccccc2)nc1-c1ccco1)c1nc2ccccc2s1. The zero-order valence-electron chi connectivity index (χ0n) is 15.2. The number of thiazole rings is 1. The Balaban J connectivity index is 1.65. The van der Waals surface area contributed by atoms with Crippen molar-refractivity contribution in [2.75, 3.05) is 0 Å². The summed E-state index contributed by atoms with van der Waals surface area (Å²) in [4.78, 5) is 4.61. The topological polar surface area (TPSA) is 67.6 Å². The number of hydrogen-bond donors (Lipinski definition) is 0. The van der Waals surface area contributed by atoms with Crippen LogP contribution in [0, 0.1) is 11.3 Å². The molecule has 0 fully saturated rings. The molecule has 5 rings (SSSR count). The monoisotopic (exact) mass is 394 g/mol. The van der Waals surface area contributed by atoms with Crippen LogP contribution < -0.4 is 0 Å². The van der Waals surface area contributed by atoms with Gasteiger partial charge in [0.1, 0.15) is 16.8 Å². The molecular formula is C23H14N4OS. The van der Waals surface area contributed by atoms with Gasteiger partial charge in [-0.2, -0.15) is 10.4 Å². The molecule has 0 bridgehead atoms. The number of hydrogen-bond acceptors (Lipinski definition) is 5. The third-order valence-electron chi connectivity index (χ3n) is 4.46. The maximum atomic E-state index is 9.81. The van der Waals surface area contributed by atoms with E-state index in [1.54, 1.807) is 10.9 Å². The fraction of sp³-hybridized carbons (Fsp3) is 0. The van der Waals surface area contributed by atoms with Gasteiger partial charge in [-0.15, -0.1) is 11.3 Å². The van der Waals surface area contributed by atoms with Crippen molar-refractivity contribution in [3.63, 3.8) is 0 Å². The molecule has 3 heterocycles. The average molecular weight is 394 g/mol. The Bertz CT molecular complexity index is 1320. The number of rotatable bonds is 4. The van der Waals surface area contributed by atoms with E-state index in [-0.39, 0.29) is 0 Å². The summed E-state index contributed by atoms with van der Waals surface area (Å²) >= 11 is 1.50. The lowest BCUT2D eigenvalue weighted by atomic mass is 10.1. The van der Waals surface area contributed by atoms with Gasteiger partial charge in [-0.05, 0) is 42.5 Å². The van der Waals surface area contributed by atoms with Gasteiger partial charge < -0.3 is 4.42 Å². The first-order chi connectivity index (χ1) is 14.3. The van der Waals surface area contributed by atoms with Gasteiger partial charge in [0.2, 0.25) is 0 Å². The summed E-state index contributed by atoms with van der Waals surface area (Å²) in [5, 5.41) is 15.2. The summed E-state index contributed by atoms with van der Waals surface area (Å²) in [5.41, 5.74) is 3.78. The van der Waals surface area contributed by atoms with E-state index in [2.05, 4.69) is 11.1 Å². The first-order valence-corrected chi connectivity index (χ1v) is 9.80. The second kappa shape index (κ2) is 7.23. The molecule has 2 aromatic carbocycles. The highest BCUT2D eigenvalue weighted by atomic mass is 32.1. The Labute approximate surface area is 170 Å². The summed E-state index contributed by atoms with van der Waals surface area (Å²) in [5.74, 6) is 0.646. The van der Waals surface area contributed by atoms with Crippen molar-refractivity contribution >= 4 is 33.2 Å². The number of furan rings is 1. The van der Waals surface area contributed by atoms with E-state index in [1.165, 1.54) is 11.3 Å². The molecule has 0 radical (unpaired) electrons. The maximum Gasteiger partial charge on any atom is 0.154 e. The van der Waals surface area contributed by atoms with Gasteiger partial charge in [-0.25, -0.2) is 9.67 Å². The fourth-order valence-electron chi connectivity index (χ4n) is 3.10. The highest BCUT2D eigenvalue weighted by molar-refractivity contribution is 7.19. The van der Waals surface area contributed by atoms with Gasteiger partial charge >= 0.3 is 0 Å². The second-order valence-electron chi connectivity index (χ2n) is 6.35. The van der Waals surface area contributed by atoms with Crippen LogP contribution in [-0.4, -0.2) is 14.8 Å². The van der Waals surface area contributed by atoms with Crippen LogP contribution in [0.5, 0.6) is 0 Å². The Morgan fingerprint density at radius 2 is 1.86 bits per heavy atom. The van der Waals surface area contributed by atoms with Gasteiger partial charge in [0, 0.05) is 11.8 Å². The molecule has 6 heteroatoms. The van der Waals surface area contributed by atoms with E-state index in [0.29, 0.717) is 22.0 Å². The zero-order chi connectivity index (χ0) is 19.6. The van der Waals surface area contributed by atoms with E-state index < -0.39 is 0 Å². The quantitative estimate of drug-likeness (QED) is 0.361. The van der Waals surface area contributed by atoms with Crippen molar-refractivity contribution in [3.05, 3.63) is 89.8 Å². The van der Waals surface area contributed by atoms with Gasteiger partial charge in [-0.1, -0.05) is 30.3 Å². The van der Waals surface area contributed by atoms with Crippen LogP contribution in [0.4, 0.5) is 0 Å². The molecule has 0 atom stereocenters. The highest BCUT2D eigenvalue weighted by Crippen LogP contribution is 2.31. The average Bonchev–Trinajstić information content (AvgIpc) is 3.51. The van der Waals surface area contributed by atoms with Crippen LogP contribution in [0.15, 0.2) is 83.6 Å². The van der Waals surface area contributed by atoms with Crippen LogP contribution in [0.25, 0.3) is 39.0 Å². The summed E-state index contributed by atoms with van der Waals surface area (Å²) < 4.78 is 8.42. The molecule has 0 amide bonds. The molecule has 29 heavy (non-hydrogen) atoms. The van der Waals surface area contributed by atoms with Crippen molar-refractivity contribution in [1.29, 1.82) is 5.26 Å². The lowest BCUT2D eigenvalue weighted by Crippen LogP contribution is -1.93. The van der Waals surface area contributed by atoms with Gasteiger partial charge in [0.15, 0.2) is 5.76 Å². The van der Waals surface area contributed by atoms with E-state index >= 15 is 0 Å². The minimum atomic E-state index is 0.492. The summed E-state index contributed by atoms with van der Waals surface area (Å²) in [6.07, 6.45) is 5.34. The predicted molar refractivity (Wildman–Crippen MR) is 114 cm³/mol. The normalized spacial score (nSPS) is 11.6. The van der Waals surface area contributed by atoms with E-state index in [0.717, 1.165) is 21.5 Å². The molecular weight excluding hydrogens is 380 g/mol. The molecule has 0 aliphatic carbocycles. The first-order valence-electron chi connectivity index (χ1n) is 8.98. The van der Waals surface area contributed by atoms with Crippen LogP contribution in [0.2, 0.25) is 0 Å². The number of benzene rings is 2. The number of allylic oxidation sites excluding steroid dienone is 1. The van der Waals surface area contributed by atoms with E-state index in [1.807, 2.05) is 79.0 Å². The predicted octanol–water partition coefficient (Wildman–Crippen LogP) is 5.81. The van der Waals surface area contributed by atoms with Gasteiger partial charge in [0.05, 0.1) is 27.7 Å². The lowest BCUT2D eigenvalue weighted by Gasteiger charge is -1.98. The molecule has 0 spiro atoms. The molecule has 5 nitrogen and oxygen atoms in total. The second-order valence-corrected chi connectivity index (χ2v) is 7.38. The summed E-state index contributed by atoms with van der Waals surface area (Å²) in [6.45, 7) is 0. The Hall–Kier alpha value is -3.95. The largest absolute Gasteiger partial charge is 0.463 e. The molecule has 0 saturated carbocycles. The van der Waals surface area contributed by atoms with Crippen molar-refractivity contribution in [2.45, 2.75) is 0 Å². The fourth-order valence-corrected chi connectivity index (χ4v) is 4.03. The van der Waals surface area contributed by atoms with Crippen LogP contribution in [-0.2, 0) is 0 Å². The number of nitrogens with zero attached hydrogens (tertiary/aromatic N) is 4. The lowest BCUT2D eigenvalue weighted by molar-refractivity contribution is 0.579. The molecule has 0 unspecified atom stereocenters. The van der Waals surface area contributed by atoms with Crippen LogP contribution in [0.1, 0.15) is 10.6 Å². The highest BCUT2D eigenvalue weighted by Gasteiger charge is 2.16. The number of nitriles is 1. The van der Waals surface area contributed by atoms with Crippen LogP contribution >= 0.6 is 11.3 Å². The number of aromatic nitrogens is 3. The van der Waals surface area contributed by atoms with E-state index in [4.69, 9.17) is 9.52 Å². The molecule has 0 aliphatic rings. The van der Waals surface area contributed by atoms with E-state index in [9.17, 15) is 5.26 Å². The standard InChI is InChI=1S/C23H14N4OS/c24-14-16(23-25-19-9-4-5-11-21(19)29-23)13-17-15-27(18-7-2-1-3-8-18)26-22(17)20-10-6-12-28-20/h1-13,15H/b16-13+. The Kier molecular flexibility index (Phi) is 4.28. The maximum absolute atomic E-state index is 9.81. The van der Waals surface area contributed by atoms with Crippen molar-refractivity contribution in [3.8, 4) is 23.2 Å². The molecule has 0 saturated heterocycles. The third kappa shape index (κ3) is 3.24. The van der Waals surface area contributed by atoms with Crippen molar-refractivity contribution in [2.24, 2.45) is 0 Å². The Morgan fingerprint density at radius 1 is 1.03 bits per heavy atom. The van der Waals surface area contributed by atoms with Crippen LogP contribution in [0.3, 0.4) is 0 Å². The molecule has 138 valence electrons. The van der Waals surface area contributed by atoms with Crippen molar-refractivity contribution < 1.29 is 4.42 Å². The summed E-state index contributed by atoms with van der Waals surface area (Å²) in [7, 11) is 0. The molecule has 0 aliphatic heterocycles. The Morgan fingerprint density at radius 3 is 2.62 bits per heavy atom. The third-order valence-corrected chi connectivity index (χ3v) is 5.53. The smallest absolute Gasteiger partial charge is 0.154 e. The van der Waals surface area contributed by atoms with Crippen molar-refractivity contribution in [1.82, 2.24) is 14.8 Å². The first kappa shape index (κ1) is 17.2. The number of para-hydroxylation sites is 2.